The molecule has 1 aromatic carbocycles. The van der Waals surface area contributed by atoms with Gasteiger partial charge < -0.3 is 10.6 Å². The lowest BCUT2D eigenvalue weighted by atomic mass is 10.1. The van der Waals surface area contributed by atoms with Crippen LogP contribution in [0.4, 0.5) is 0 Å². The van der Waals surface area contributed by atoms with Gasteiger partial charge in [-0.1, -0.05) is 30.0 Å². The summed E-state index contributed by atoms with van der Waals surface area (Å²) >= 11 is 1.26. The average Bonchev–Trinajstić information content (AvgIpc) is 3.15. The summed E-state index contributed by atoms with van der Waals surface area (Å²) in [5, 5.41) is 14.6. The van der Waals surface area contributed by atoms with Gasteiger partial charge in [0.2, 0.25) is 11.8 Å². The van der Waals surface area contributed by atoms with Crippen molar-refractivity contribution in [2.75, 3.05) is 12.3 Å². The van der Waals surface area contributed by atoms with Crippen LogP contribution in [-0.4, -0.2) is 49.4 Å². The SMILES string of the molecule is CC(C)(C)NC(=O)CNC(=O)CSc1nnc(-c2cccnc2)n1-c1ccccc1. The first-order valence-electron chi connectivity index (χ1n) is 9.45. The molecule has 0 fully saturated rings. The number of rotatable bonds is 7. The van der Waals surface area contributed by atoms with Gasteiger partial charge >= 0.3 is 0 Å². The maximum Gasteiger partial charge on any atom is 0.239 e. The molecular weight excluding hydrogens is 400 g/mol. The summed E-state index contributed by atoms with van der Waals surface area (Å²) in [6, 6.07) is 13.4. The van der Waals surface area contributed by atoms with E-state index in [0.29, 0.717) is 11.0 Å². The van der Waals surface area contributed by atoms with Crippen LogP contribution in [-0.2, 0) is 9.59 Å². The maximum absolute atomic E-state index is 12.2. The molecule has 0 aliphatic carbocycles. The van der Waals surface area contributed by atoms with Crippen LogP contribution in [0.5, 0.6) is 0 Å². The van der Waals surface area contributed by atoms with E-state index < -0.39 is 0 Å². The van der Waals surface area contributed by atoms with Crippen molar-refractivity contribution in [3.8, 4) is 17.1 Å². The first-order valence-corrected chi connectivity index (χ1v) is 10.4. The first kappa shape index (κ1) is 21.5. The predicted molar refractivity (Wildman–Crippen MR) is 116 cm³/mol. The van der Waals surface area contributed by atoms with Gasteiger partial charge in [-0.3, -0.25) is 19.1 Å². The molecule has 0 radical (unpaired) electrons. The molecular formula is C21H24N6O2S. The van der Waals surface area contributed by atoms with Crippen LogP contribution in [0.3, 0.4) is 0 Å². The van der Waals surface area contributed by atoms with Crippen molar-refractivity contribution in [1.29, 1.82) is 0 Å². The smallest absolute Gasteiger partial charge is 0.239 e. The molecule has 0 saturated heterocycles. The van der Waals surface area contributed by atoms with E-state index in [1.807, 2.05) is 67.8 Å². The first-order chi connectivity index (χ1) is 14.3. The third-order valence-corrected chi connectivity index (χ3v) is 4.79. The largest absolute Gasteiger partial charge is 0.350 e. The average molecular weight is 425 g/mol. The van der Waals surface area contributed by atoms with Crippen LogP contribution in [0.25, 0.3) is 17.1 Å². The van der Waals surface area contributed by atoms with Crippen LogP contribution in [0.1, 0.15) is 20.8 Å². The molecule has 0 aliphatic rings. The molecule has 3 rings (SSSR count). The van der Waals surface area contributed by atoms with E-state index in [0.717, 1.165) is 11.3 Å². The number of carbonyl (C=O) groups excluding carboxylic acids is 2. The lowest BCUT2D eigenvalue weighted by Gasteiger charge is -2.20. The molecule has 2 aromatic heterocycles. The lowest BCUT2D eigenvalue weighted by Crippen LogP contribution is -2.46. The number of nitrogens with one attached hydrogen (secondary N) is 2. The summed E-state index contributed by atoms with van der Waals surface area (Å²) in [6.07, 6.45) is 3.42. The van der Waals surface area contributed by atoms with E-state index in [4.69, 9.17) is 0 Å². The second kappa shape index (κ2) is 9.53. The van der Waals surface area contributed by atoms with Gasteiger partial charge in [0.1, 0.15) is 0 Å². The minimum Gasteiger partial charge on any atom is -0.350 e. The van der Waals surface area contributed by atoms with Crippen molar-refractivity contribution in [3.63, 3.8) is 0 Å². The quantitative estimate of drug-likeness (QED) is 0.565. The zero-order chi connectivity index (χ0) is 21.6. The molecule has 3 aromatic rings. The molecule has 0 atom stereocenters. The van der Waals surface area contributed by atoms with E-state index >= 15 is 0 Å². The monoisotopic (exact) mass is 424 g/mol. The number of aromatic nitrogens is 4. The predicted octanol–water partition coefficient (Wildman–Crippen LogP) is 2.45. The summed E-state index contributed by atoms with van der Waals surface area (Å²) in [5.74, 6) is 0.268. The van der Waals surface area contributed by atoms with Crippen molar-refractivity contribution in [1.82, 2.24) is 30.4 Å². The number of hydrogen-bond acceptors (Lipinski definition) is 6. The highest BCUT2D eigenvalue weighted by atomic mass is 32.2. The Labute approximate surface area is 179 Å². The number of benzene rings is 1. The molecule has 30 heavy (non-hydrogen) atoms. The second-order valence-electron chi connectivity index (χ2n) is 7.58. The van der Waals surface area contributed by atoms with Gasteiger partial charge in [0, 0.05) is 29.2 Å². The third-order valence-electron chi connectivity index (χ3n) is 3.86. The Morgan fingerprint density at radius 1 is 1.03 bits per heavy atom. The minimum atomic E-state index is -0.342. The number of nitrogens with zero attached hydrogens (tertiary/aromatic N) is 4. The number of thioether (sulfide) groups is 1. The highest BCUT2D eigenvalue weighted by Crippen LogP contribution is 2.27. The second-order valence-corrected chi connectivity index (χ2v) is 8.52. The minimum absolute atomic E-state index is 0.0665. The van der Waals surface area contributed by atoms with Gasteiger partial charge in [0.25, 0.3) is 0 Å². The zero-order valence-electron chi connectivity index (χ0n) is 17.1. The maximum atomic E-state index is 12.2. The van der Waals surface area contributed by atoms with Crippen LogP contribution >= 0.6 is 11.8 Å². The molecule has 0 bridgehead atoms. The fourth-order valence-electron chi connectivity index (χ4n) is 2.68. The molecule has 0 spiro atoms. The van der Waals surface area contributed by atoms with E-state index in [-0.39, 0.29) is 29.7 Å². The molecule has 2 N–H and O–H groups in total. The van der Waals surface area contributed by atoms with Gasteiger partial charge in [-0.2, -0.15) is 0 Å². The highest BCUT2D eigenvalue weighted by Gasteiger charge is 2.18. The Morgan fingerprint density at radius 3 is 2.47 bits per heavy atom. The molecule has 156 valence electrons. The fourth-order valence-corrected chi connectivity index (χ4v) is 3.46. The summed E-state index contributed by atoms with van der Waals surface area (Å²) in [6.45, 7) is 5.60. The highest BCUT2D eigenvalue weighted by molar-refractivity contribution is 7.99. The Hall–Kier alpha value is -3.20. The van der Waals surface area contributed by atoms with Crippen molar-refractivity contribution >= 4 is 23.6 Å². The molecule has 0 aliphatic heterocycles. The number of para-hydroxylation sites is 1. The number of pyridine rings is 1. The Bertz CT molecular complexity index is 999. The van der Waals surface area contributed by atoms with Crippen LogP contribution in [0, 0.1) is 0 Å². The van der Waals surface area contributed by atoms with E-state index in [2.05, 4.69) is 25.8 Å². The number of carbonyl (C=O) groups is 2. The normalized spacial score (nSPS) is 11.2. The van der Waals surface area contributed by atoms with Crippen molar-refractivity contribution < 1.29 is 9.59 Å². The van der Waals surface area contributed by atoms with Crippen molar-refractivity contribution in [2.45, 2.75) is 31.5 Å². The molecule has 0 saturated carbocycles. The molecule has 2 amide bonds. The molecule has 8 nitrogen and oxygen atoms in total. The van der Waals surface area contributed by atoms with E-state index in [9.17, 15) is 9.59 Å². The van der Waals surface area contributed by atoms with Crippen LogP contribution in [0.2, 0.25) is 0 Å². The summed E-state index contributed by atoms with van der Waals surface area (Å²) in [5.41, 5.74) is 1.36. The van der Waals surface area contributed by atoms with Crippen molar-refractivity contribution in [3.05, 3.63) is 54.9 Å². The Kier molecular flexibility index (Phi) is 6.83. The van der Waals surface area contributed by atoms with Gasteiger partial charge in [-0.05, 0) is 45.0 Å². The number of amides is 2. The molecule has 2 heterocycles. The zero-order valence-corrected chi connectivity index (χ0v) is 17.9. The van der Waals surface area contributed by atoms with Gasteiger partial charge in [-0.15, -0.1) is 10.2 Å². The van der Waals surface area contributed by atoms with E-state index in [1.165, 1.54) is 11.8 Å². The van der Waals surface area contributed by atoms with Gasteiger partial charge in [-0.25, -0.2) is 0 Å². The molecule has 9 heteroatoms. The number of hydrogen-bond donors (Lipinski definition) is 2. The van der Waals surface area contributed by atoms with Crippen LogP contribution < -0.4 is 10.6 Å². The van der Waals surface area contributed by atoms with Gasteiger partial charge in [0.15, 0.2) is 11.0 Å². The summed E-state index contributed by atoms with van der Waals surface area (Å²) in [4.78, 5) is 28.3. The lowest BCUT2D eigenvalue weighted by molar-refractivity contribution is -0.125. The fraction of sp³-hybridized carbons (Fsp3) is 0.286. The standard InChI is InChI=1S/C21H24N6O2S/c1-21(2,3)24-17(28)13-23-18(29)14-30-20-26-25-19(15-8-7-11-22-12-15)27(20)16-9-5-4-6-10-16/h4-12H,13-14H2,1-3H3,(H,23,29)(H,24,28). The van der Waals surface area contributed by atoms with Gasteiger partial charge in [0.05, 0.1) is 12.3 Å². The summed E-state index contributed by atoms with van der Waals surface area (Å²) in [7, 11) is 0. The van der Waals surface area contributed by atoms with Crippen molar-refractivity contribution in [2.24, 2.45) is 0 Å². The Balaban J connectivity index is 1.71. The Morgan fingerprint density at radius 2 is 1.80 bits per heavy atom. The molecule has 0 unspecified atom stereocenters. The van der Waals surface area contributed by atoms with Crippen LogP contribution in [0.15, 0.2) is 60.0 Å². The summed E-state index contributed by atoms with van der Waals surface area (Å²) < 4.78 is 1.89. The van der Waals surface area contributed by atoms with E-state index in [1.54, 1.807) is 12.4 Å². The topological polar surface area (TPSA) is 102 Å². The third kappa shape index (κ3) is 5.90.